The van der Waals surface area contributed by atoms with Gasteiger partial charge in [0.15, 0.2) is 0 Å². The zero-order valence-corrected chi connectivity index (χ0v) is 11.8. The summed E-state index contributed by atoms with van der Waals surface area (Å²) in [4.78, 5) is 14.3. The molecule has 0 bridgehead atoms. The molecular formula is C12H14Cl2N4O. The van der Waals surface area contributed by atoms with Gasteiger partial charge in [-0.2, -0.15) is 0 Å². The van der Waals surface area contributed by atoms with E-state index in [1.54, 1.807) is 18.2 Å². The summed E-state index contributed by atoms with van der Waals surface area (Å²) in [6, 6.07) is 5.13. The zero-order chi connectivity index (χ0) is 14.1. The van der Waals surface area contributed by atoms with Crippen molar-refractivity contribution in [2.45, 2.75) is 19.3 Å². The topological polar surface area (TPSA) is 77.9 Å². The van der Waals surface area contributed by atoms with Crippen molar-refractivity contribution in [2.75, 3.05) is 13.1 Å². The van der Waals surface area contributed by atoms with E-state index in [0.29, 0.717) is 23.1 Å². The first-order chi connectivity index (χ1) is 9.13. The molecule has 0 aliphatic heterocycles. The van der Waals surface area contributed by atoms with E-state index in [0.717, 1.165) is 18.4 Å². The first-order valence-electron chi connectivity index (χ1n) is 5.85. The summed E-state index contributed by atoms with van der Waals surface area (Å²) in [7, 11) is 0. The van der Waals surface area contributed by atoms with Crippen molar-refractivity contribution in [3.8, 4) is 0 Å². The average Bonchev–Trinajstić information content (AvgIpc) is 2.38. The highest BCUT2D eigenvalue weighted by atomic mass is 35.5. The molecule has 1 N–H and O–H groups in total. The molecule has 0 aliphatic rings. The van der Waals surface area contributed by atoms with Gasteiger partial charge >= 0.3 is 0 Å². The lowest BCUT2D eigenvalue weighted by molar-refractivity contribution is -0.120. The number of benzene rings is 1. The monoisotopic (exact) mass is 300 g/mol. The minimum Gasteiger partial charge on any atom is -0.356 e. The predicted octanol–water partition coefficient (Wildman–Crippen LogP) is 3.74. The van der Waals surface area contributed by atoms with E-state index in [1.807, 2.05) is 0 Å². The number of halogens is 2. The molecule has 0 fully saturated rings. The second-order valence-corrected chi connectivity index (χ2v) is 4.75. The number of nitrogens with zero attached hydrogens (tertiary/aromatic N) is 3. The zero-order valence-electron chi connectivity index (χ0n) is 10.3. The smallest absolute Gasteiger partial charge is 0.224 e. The lowest BCUT2D eigenvalue weighted by atomic mass is 10.1. The fourth-order valence-corrected chi connectivity index (χ4v) is 1.80. The van der Waals surface area contributed by atoms with Crippen LogP contribution < -0.4 is 5.32 Å². The highest BCUT2D eigenvalue weighted by Gasteiger charge is 2.05. The van der Waals surface area contributed by atoms with Gasteiger partial charge in [0.2, 0.25) is 5.91 Å². The van der Waals surface area contributed by atoms with E-state index in [1.165, 1.54) is 0 Å². The predicted molar refractivity (Wildman–Crippen MR) is 76.4 cm³/mol. The normalized spacial score (nSPS) is 9.79. The minimum absolute atomic E-state index is 0.0674. The standard InChI is InChI=1S/C12H14Cl2N4O/c13-10-4-3-9(7-11(10)14)8-12(19)16-5-1-2-6-17-18-15/h3-4,7H,1-2,5-6,8H2,(H,16,19). The van der Waals surface area contributed by atoms with Gasteiger partial charge in [-0.15, -0.1) is 0 Å². The van der Waals surface area contributed by atoms with Crippen molar-refractivity contribution < 1.29 is 4.79 Å². The number of hydrogen-bond donors (Lipinski definition) is 1. The highest BCUT2D eigenvalue weighted by Crippen LogP contribution is 2.22. The number of hydrogen-bond acceptors (Lipinski definition) is 2. The van der Waals surface area contributed by atoms with Gasteiger partial charge in [-0.25, -0.2) is 0 Å². The van der Waals surface area contributed by atoms with Crippen LogP contribution in [0.3, 0.4) is 0 Å². The van der Waals surface area contributed by atoms with Crippen molar-refractivity contribution in [1.82, 2.24) is 5.32 Å². The van der Waals surface area contributed by atoms with Crippen LogP contribution in [0.4, 0.5) is 0 Å². The third-order valence-electron chi connectivity index (χ3n) is 2.42. The summed E-state index contributed by atoms with van der Waals surface area (Å²) < 4.78 is 0. The van der Waals surface area contributed by atoms with E-state index in [9.17, 15) is 4.79 Å². The molecule has 0 aromatic heterocycles. The molecule has 5 nitrogen and oxygen atoms in total. The fraction of sp³-hybridized carbons (Fsp3) is 0.417. The van der Waals surface area contributed by atoms with Crippen LogP contribution in [0.15, 0.2) is 23.3 Å². The Hall–Kier alpha value is -1.42. The third-order valence-corrected chi connectivity index (χ3v) is 3.16. The molecule has 0 unspecified atom stereocenters. The second kappa shape index (κ2) is 8.64. The van der Waals surface area contributed by atoms with Crippen LogP contribution in [0.5, 0.6) is 0 Å². The number of carbonyl (C=O) groups excluding carboxylic acids is 1. The van der Waals surface area contributed by atoms with Crippen molar-refractivity contribution in [3.05, 3.63) is 44.3 Å². The number of azide groups is 1. The second-order valence-electron chi connectivity index (χ2n) is 3.94. The van der Waals surface area contributed by atoms with Crippen molar-refractivity contribution in [2.24, 2.45) is 5.11 Å². The Morgan fingerprint density at radius 2 is 2.11 bits per heavy atom. The van der Waals surface area contributed by atoms with Gasteiger partial charge in [0.25, 0.3) is 0 Å². The summed E-state index contributed by atoms with van der Waals surface area (Å²) in [6.07, 6.45) is 1.82. The molecule has 0 saturated carbocycles. The first-order valence-corrected chi connectivity index (χ1v) is 6.60. The molecule has 0 radical (unpaired) electrons. The van der Waals surface area contributed by atoms with Gasteiger partial charge in [-0.3, -0.25) is 4.79 Å². The van der Waals surface area contributed by atoms with E-state index in [-0.39, 0.29) is 12.3 Å². The highest BCUT2D eigenvalue weighted by molar-refractivity contribution is 6.42. The van der Waals surface area contributed by atoms with Gasteiger partial charge < -0.3 is 5.32 Å². The molecule has 0 spiro atoms. The van der Waals surface area contributed by atoms with E-state index < -0.39 is 0 Å². The molecule has 1 aromatic carbocycles. The molecule has 0 saturated heterocycles. The molecule has 1 amide bonds. The van der Waals surface area contributed by atoms with Gasteiger partial charge in [-0.05, 0) is 36.1 Å². The lowest BCUT2D eigenvalue weighted by Gasteiger charge is -2.05. The maximum absolute atomic E-state index is 11.6. The molecule has 19 heavy (non-hydrogen) atoms. The maximum Gasteiger partial charge on any atom is 0.224 e. The number of amides is 1. The third kappa shape index (κ3) is 6.34. The Labute approximate surface area is 121 Å². The van der Waals surface area contributed by atoms with E-state index in [4.69, 9.17) is 28.7 Å². The summed E-state index contributed by atoms with van der Waals surface area (Å²) >= 11 is 11.7. The Morgan fingerprint density at radius 1 is 1.32 bits per heavy atom. The van der Waals surface area contributed by atoms with Gasteiger partial charge in [0, 0.05) is 18.0 Å². The molecule has 102 valence electrons. The number of rotatable bonds is 7. The molecular weight excluding hydrogens is 287 g/mol. The van der Waals surface area contributed by atoms with Crippen molar-refractivity contribution in [1.29, 1.82) is 0 Å². The van der Waals surface area contributed by atoms with Crippen LogP contribution in [-0.4, -0.2) is 19.0 Å². The van der Waals surface area contributed by atoms with E-state index >= 15 is 0 Å². The number of unbranched alkanes of at least 4 members (excludes halogenated alkanes) is 1. The van der Waals surface area contributed by atoms with Crippen LogP contribution >= 0.6 is 23.2 Å². The molecule has 0 atom stereocenters. The van der Waals surface area contributed by atoms with Gasteiger partial charge in [0.05, 0.1) is 16.5 Å². The van der Waals surface area contributed by atoms with Gasteiger partial charge in [0.1, 0.15) is 0 Å². The Bertz CT molecular complexity index is 487. The number of nitrogens with one attached hydrogen (secondary N) is 1. The van der Waals surface area contributed by atoms with E-state index in [2.05, 4.69) is 15.3 Å². The fourth-order valence-electron chi connectivity index (χ4n) is 1.48. The van der Waals surface area contributed by atoms with Crippen molar-refractivity contribution >= 4 is 29.1 Å². The van der Waals surface area contributed by atoms with Crippen LogP contribution in [0.25, 0.3) is 10.4 Å². The first kappa shape index (κ1) is 15.6. The molecule has 0 aliphatic carbocycles. The lowest BCUT2D eigenvalue weighted by Crippen LogP contribution is -2.26. The SMILES string of the molecule is [N-]=[N+]=NCCCCNC(=O)Cc1ccc(Cl)c(Cl)c1. The van der Waals surface area contributed by atoms with Crippen LogP contribution in [0.2, 0.25) is 10.0 Å². The summed E-state index contributed by atoms with van der Waals surface area (Å²) in [5, 5.41) is 7.13. The molecule has 0 heterocycles. The molecule has 1 rings (SSSR count). The van der Waals surface area contributed by atoms with Crippen molar-refractivity contribution in [3.63, 3.8) is 0 Å². The average molecular weight is 301 g/mol. The summed E-state index contributed by atoms with van der Waals surface area (Å²) in [5.74, 6) is -0.0674. The summed E-state index contributed by atoms with van der Waals surface area (Å²) in [6.45, 7) is 1.03. The minimum atomic E-state index is -0.0674. The van der Waals surface area contributed by atoms with Crippen LogP contribution in [0.1, 0.15) is 18.4 Å². The maximum atomic E-state index is 11.6. The Balaban J connectivity index is 2.27. The Morgan fingerprint density at radius 3 is 2.79 bits per heavy atom. The molecule has 1 aromatic rings. The Kier molecular flexibility index (Phi) is 7.11. The number of carbonyl (C=O) groups is 1. The largest absolute Gasteiger partial charge is 0.356 e. The molecule has 7 heteroatoms. The van der Waals surface area contributed by atoms with Crippen LogP contribution in [0, 0.1) is 0 Å². The van der Waals surface area contributed by atoms with Gasteiger partial charge in [-0.1, -0.05) is 34.4 Å². The quantitative estimate of drug-likeness (QED) is 0.354. The summed E-state index contributed by atoms with van der Waals surface area (Å²) in [5.41, 5.74) is 8.91. The van der Waals surface area contributed by atoms with Crippen LogP contribution in [-0.2, 0) is 11.2 Å².